The maximum atomic E-state index is 12.9. The van der Waals surface area contributed by atoms with Crippen molar-refractivity contribution in [3.63, 3.8) is 0 Å². The van der Waals surface area contributed by atoms with Crippen molar-refractivity contribution in [3.8, 4) is 0 Å². The van der Waals surface area contributed by atoms with Crippen molar-refractivity contribution in [2.45, 2.75) is 58.3 Å². The minimum atomic E-state index is -0.629. The van der Waals surface area contributed by atoms with Gasteiger partial charge in [-0.2, -0.15) is 0 Å². The molecular formula is C22H27N3O5. The van der Waals surface area contributed by atoms with Crippen molar-refractivity contribution in [1.29, 1.82) is 0 Å². The number of piperidine rings is 1. The van der Waals surface area contributed by atoms with Gasteiger partial charge in [0.1, 0.15) is 12.1 Å². The minimum absolute atomic E-state index is 0.00336. The fraction of sp³-hybridized carbons (Fsp3) is 0.545. The number of ether oxygens (including phenoxy) is 1. The van der Waals surface area contributed by atoms with Crippen LogP contribution >= 0.6 is 0 Å². The molecule has 2 aliphatic heterocycles. The van der Waals surface area contributed by atoms with Crippen LogP contribution in [0.2, 0.25) is 0 Å². The van der Waals surface area contributed by atoms with Gasteiger partial charge in [0.25, 0.3) is 5.91 Å². The SMILES string of the molecule is CC(C)[C@@H]1C[C@H]1OC(=O)N(C)Cc1ccc2c(c1)C(=O)N(C1CCC(=O)NC1=O)C2. The maximum Gasteiger partial charge on any atom is 0.410 e. The number of carbonyl (C=O) groups is 4. The third kappa shape index (κ3) is 3.91. The van der Waals surface area contributed by atoms with Gasteiger partial charge in [0, 0.05) is 38.0 Å². The number of benzene rings is 1. The van der Waals surface area contributed by atoms with Gasteiger partial charge < -0.3 is 14.5 Å². The Morgan fingerprint density at radius 3 is 2.73 bits per heavy atom. The zero-order valence-electron chi connectivity index (χ0n) is 17.5. The summed E-state index contributed by atoms with van der Waals surface area (Å²) in [7, 11) is 1.68. The Morgan fingerprint density at radius 2 is 2.07 bits per heavy atom. The molecule has 4 rings (SSSR count). The van der Waals surface area contributed by atoms with Gasteiger partial charge in [0.05, 0.1) is 0 Å². The Hall–Kier alpha value is -2.90. The molecule has 0 aromatic heterocycles. The molecule has 0 spiro atoms. The minimum Gasteiger partial charge on any atom is -0.446 e. The van der Waals surface area contributed by atoms with E-state index in [0.717, 1.165) is 17.5 Å². The summed E-state index contributed by atoms with van der Waals surface area (Å²) >= 11 is 0. The van der Waals surface area contributed by atoms with Crippen LogP contribution in [0.5, 0.6) is 0 Å². The molecule has 1 saturated heterocycles. The number of nitrogens with one attached hydrogen (secondary N) is 1. The van der Waals surface area contributed by atoms with Crippen molar-refractivity contribution in [2.75, 3.05) is 7.05 Å². The van der Waals surface area contributed by atoms with Crippen LogP contribution in [0.1, 0.15) is 54.6 Å². The lowest BCUT2D eigenvalue weighted by Gasteiger charge is -2.29. The van der Waals surface area contributed by atoms with Crippen molar-refractivity contribution < 1.29 is 23.9 Å². The Labute approximate surface area is 175 Å². The molecule has 8 nitrogen and oxygen atoms in total. The molecule has 3 aliphatic rings. The van der Waals surface area contributed by atoms with E-state index in [2.05, 4.69) is 19.2 Å². The van der Waals surface area contributed by atoms with Crippen LogP contribution in [0, 0.1) is 11.8 Å². The lowest BCUT2D eigenvalue weighted by Crippen LogP contribution is -2.52. The second-order valence-electron chi connectivity index (χ2n) is 8.81. The third-order valence-corrected chi connectivity index (χ3v) is 6.21. The number of rotatable bonds is 5. The van der Waals surface area contributed by atoms with Crippen LogP contribution in [0.25, 0.3) is 0 Å². The average Bonchev–Trinajstić information content (AvgIpc) is 3.39. The molecule has 1 aliphatic carbocycles. The van der Waals surface area contributed by atoms with Gasteiger partial charge in [-0.25, -0.2) is 4.79 Å². The molecule has 1 unspecified atom stereocenters. The topological polar surface area (TPSA) is 96.0 Å². The highest BCUT2D eigenvalue weighted by atomic mass is 16.6. The van der Waals surface area contributed by atoms with Gasteiger partial charge in [0.15, 0.2) is 0 Å². The maximum absolute atomic E-state index is 12.9. The van der Waals surface area contributed by atoms with Gasteiger partial charge in [-0.3, -0.25) is 19.7 Å². The zero-order valence-corrected chi connectivity index (χ0v) is 17.5. The van der Waals surface area contributed by atoms with E-state index in [1.54, 1.807) is 13.1 Å². The summed E-state index contributed by atoms with van der Waals surface area (Å²) in [5, 5.41) is 2.30. The summed E-state index contributed by atoms with van der Waals surface area (Å²) in [5.41, 5.74) is 2.21. The molecule has 3 atom stereocenters. The van der Waals surface area contributed by atoms with Gasteiger partial charge in [-0.15, -0.1) is 0 Å². The number of hydrogen-bond acceptors (Lipinski definition) is 5. The van der Waals surface area contributed by atoms with E-state index < -0.39 is 11.9 Å². The van der Waals surface area contributed by atoms with Crippen molar-refractivity contribution in [1.82, 2.24) is 15.1 Å². The molecule has 0 bridgehead atoms. The van der Waals surface area contributed by atoms with Crippen LogP contribution in [-0.2, 0) is 27.4 Å². The highest BCUT2D eigenvalue weighted by Crippen LogP contribution is 2.40. The quantitative estimate of drug-likeness (QED) is 0.746. The third-order valence-electron chi connectivity index (χ3n) is 6.21. The molecule has 1 N–H and O–H groups in total. The van der Waals surface area contributed by atoms with Crippen LogP contribution in [0.3, 0.4) is 0 Å². The zero-order chi connectivity index (χ0) is 21.6. The average molecular weight is 413 g/mol. The lowest BCUT2D eigenvalue weighted by molar-refractivity contribution is -0.136. The number of carbonyl (C=O) groups excluding carboxylic acids is 4. The molecule has 30 heavy (non-hydrogen) atoms. The van der Waals surface area contributed by atoms with E-state index in [9.17, 15) is 19.2 Å². The first-order chi connectivity index (χ1) is 14.2. The fourth-order valence-electron chi connectivity index (χ4n) is 4.28. The smallest absolute Gasteiger partial charge is 0.410 e. The number of fused-ring (bicyclic) bond motifs is 1. The van der Waals surface area contributed by atoms with Gasteiger partial charge >= 0.3 is 6.09 Å². The fourth-order valence-corrected chi connectivity index (χ4v) is 4.28. The standard InChI is InChI=1S/C22H27N3O5/c1-12(2)15-9-18(15)30-22(29)24(3)10-13-4-5-14-11-25(21(28)16(14)8-13)17-6-7-19(26)23-20(17)27/h4-5,8,12,15,17-18H,6-7,9-11H2,1-3H3,(H,23,26,27)/t15-,17?,18+/m0/s1. The number of amides is 4. The second-order valence-corrected chi connectivity index (χ2v) is 8.81. The van der Waals surface area contributed by atoms with Crippen LogP contribution in [0.4, 0.5) is 4.79 Å². The Bertz CT molecular complexity index is 912. The Kier molecular flexibility index (Phi) is 5.26. The van der Waals surface area contributed by atoms with E-state index in [0.29, 0.717) is 36.9 Å². The van der Waals surface area contributed by atoms with Gasteiger partial charge in [0.2, 0.25) is 11.8 Å². The summed E-state index contributed by atoms with van der Waals surface area (Å²) < 4.78 is 5.54. The van der Waals surface area contributed by atoms with E-state index in [-0.39, 0.29) is 30.4 Å². The molecule has 8 heteroatoms. The second kappa shape index (κ2) is 7.74. The molecule has 4 amide bonds. The molecular weight excluding hydrogens is 386 g/mol. The van der Waals surface area contributed by atoms with E-state index in [4.69, 9.17) is 4.74 Å². The lowest BCUT2D eigenvalue weighted by atomic mass is 10.0. The summed E-state index contributed by atoms with van der Waals surface area (Å²) in [6.07, 6.45) is 1.13. The molecule has 1 aromatic carbocycles. The van der Waals surface area contributed by atoms with Gasteiger partial charge in [-0.05, 0) is 36.0 Å². The highest BCUT2D eigenvalue weighted by molar-refractivity contribution is 6.05. The molecule has 0 radical (unpaired) electrons. The highest BCUT2D eigenvalue weighted by Gasteiger charge is 2.43. The number of imide groups is 1. The predicted molar refractivity (Wildman–Crippen MR) is 107 cm³/mol. The molecule has 2 fully saturated rings. The first-order valence-electron chi connectivity index (χ1n) is 10.4. The normalized spacial score (nSPS) is 25.3. The van der Waals surface area contributed by atoms with E-state index in [1.807, 2.05) is 12.1 Å². The molecule has 1 saturated carbocycles. The van der Waals surface area contributed by atoms with E-state index >= 15 is 0 Å². The van der Waals surface area contributed by atoms with Crippen molar-refractivity contribution >= 4 is 23.8 Å². The number of hydrogen-bond donors (Lipinski definition) is 1. The van der Waals surface area contributed by atoms with Crippen LogP contribution in [0.15, 0.2) is 18.2 Å². The summed E-state index contributed by atoms with van der Waals surface area (Å²) in [6.45, 7) is 4.93. The summed E-state index contributed by atoms with van der Waals surface area (Å²) in [6, 6.07) is 4.90. The van der Waals surface area contributed by atoms with Gasteiger partial charge in [-0.1, -0.05) is 26.0 Å². The summed E-state index contributed by atoms with van der Waals surface area (Å²) in [5.74, 6) is 0.00382. The van der Waals surface area contributed by atoms with Crippen LogP contribution < -0.4 is 5.32 Å². The van der Waals surface area contributed by atoms with Crippen LogP contribution in [-0.4, -0.2) is 52.8 Å². The predicted octanol–water partition coefficient (Wildman–Crippen LogP) is 2.06. The molecule has 160 valence electrons. The summed E-state index contributed by atoms with van der Waals surface area (Å²) in [4.78, 5) is 51.8. The van der Waals surface area contributed by atoms with Crippen molar-refractivity contribution in [2.24, 2.45) is 11.8 Å². The molecule has 2 heterocycles. The molecule has 1 aromatic rings. The first kappa shape index (κ1) is 20.4. The Balaban J connectivity index is 1.39. The largest absolute Gasteiger partial charge is 0.446 e. The van der Waals surface area contributed by atoms with E-state index in [1.165, 1.54) is 9.80 Å². The first-order valence-corrected chi connectivity index (χ1v) is 10.4. The number of nitrogens with zero attached hydrogens (tertiary/aromatic N) is 2. The van der Waals surface area contributed by atoms with Crippen molar-refractivity contribution in [3.05, 3.63) is 34.9 Å². The monoisotopic (exact) mass is 413 g/mol. The Morgan fingerprint density at radius 1 is 1.30 bits per heavy atom.